The zero-order valence-corrected chi connectivity index (χ0v) is 13.6. The molecule has 0 bridgehead atoms. The van der Waals surface area contributed by atoms with Gasteiger partial charge in [0.25, 0.3) is 0 Å². The Morgan fingerprint density at radius 1 is 1.32 bits per heavy atom. The Morgan fingerprint density at radius 2 is 2.05 bits per heavy atom. The predicted molar refractivity (Wildman–Crippen MR) is 81.1 cm³/mol. The maximum absolute atomic E-state index is 12.9. The number of ketones is 1. The van der Waals surface area contributed by atoms with Gasteiger partial charge in [0.1, 0.15) is 5.78 Å². The van der Waals surface area contributed by atoms with Gasteiger partial charge in [-0.25, -0.2) is 0 Å². The second-order valence-electron chi connectivity index (χ2n) is 8.16. The number of rotatable bonds is 0. The second kappa shape index (κ2) is 4.65. The Labute approximate surface area is 131 Å². The summed E-state index contributed by atoms with van der Waals surface area (Å²) < 4.78 is 5.65. The van der Waals surface area contributed by atoms with Gasteiger partial charge in [0.05, 0.1) is 30.3 Å². The van der Waals surface area contributed by atoms with E-state index in [-0.39, 0.29) is 35.7 Å². The summed E-state index contributed by atoms with van der Waals surface area (Å²) in [5, 5.41) is 21.1. The number of hydrogen-bond donors (Lipinski definition) is 2. The van der Waals surface area contributed by atoms with E-state index < -0.39 is 11.5 Å². The number of fused-ring (bicyclic) bond motifs is 5. The van der Waals surface area contributed by atoms with E-state index in [1.807, 2.05) is 6.92 Å². The highest BCUT2D eigenvalue weighted by atomic mass is 16.5. The topological polar surface area (TPSA) is 66.8 Å². The van der Waals surface area contributed by atoms with Crippen LogP contribution in [0.25, 0.3) is 0 Å². The lowest BCUT2D eigenvalue weighted by molar-refractivity contribution is -0.238. The van der Waals surface area contributed by atoms with E-state index in [1.165, 1.54) is 11.1 Å². The molecule has 1 saturated heterocycles. The van der Waals surface area contributed by atoms with Gasteiger partial charge in [-0.15, -0.1) is 0 Å². The number of carbonyl (C=O) groups is 1. The Kier molecular flexibility index (Phi) is 3.14. The minimum absolute atomic E-state index is 0.0896. The fourth-order valence-electron chi connectivity index (χ4n) is 5.71. The van der Waals surface area contributed by atoms with Crippen molar-refractivity contribution in [2.24, 2.45) is 29.1 Å². The lowest BCUT2D eigenvalue weighted by atomic mass is 9.46. The van der Waals surface area contributed by atoms with E-state index in [0.717, 1.165) is 0 Å². The number of hydrogen-bond acceptors (Lipinski definition) is 4. The monoisotopic (exact) mass is 306 g/mol. The van der Waals surface area contributed by atoms with Crippen molar-refractivity contribution in [3.63, 3.8) is 0 Å². The highest BCUT2D eigenvalue weighted by Crippen LogP contribution is 2.61. The third-order valence-electron chi connectivity index (χ3n) is 7.26. The van der Waals surface area contributed by atoms with Crippen LogP contribution < -0.4 is 0 Å². The minimum Gasteiger partial charge on any atom is -0.392 e. The SMILES string of the molecule is CC1=C2CC(=O)[C@]3(C)C(O)CC4OCC4C3C2C(C)C(O)C1. The standard InChI is InChI=1S/C18H26O4/c1-8-4-12(19)9(2)16-10(8)5-14(20)18(3)15(21)6-13-11(7-22-13)17(16)18/h9,11-13,15-17,19,21H,4-7H2,1-3H3/t9?,11?,12?,13?,15?,16?,17?,18-/m1/s1. The van der Waals surface area contributed by atoms with Gasteiger partial charge in [0.2, 0.25) is 0 Å². The van der Waals surface area contributed by atoms with Crippen LogP contribution in [0.4, 0.5) is 0 Å². The molecule has 3 fully saturated rings. The highest BCUT2D eigenvalue weighted by molar-refractivity contribution is 5.89. The number of aliphatic hydroxyl groups excluding tert-OH is 2. The summed E-state index contributed by atoms with van der Waals surface area (Å²) in [7, 11) is 0. The summed E-state index contributed by atoms with van der Waals surface area (Å²) in [5.74, 6) is 0.981. The van der Waals surface area contributed by atoms with E-state index in [2.05, 4.69) is 13.8 Å². The molecule has 1 heterocycles. The Balaban J connectivity index is 1.85. The molecule has 0 aromatic heterocycles. The zero-order chi connectivity index (χ0) is 15.8. The largest absolute Gasteiger partial charge is 0.392 e. The average Bonchev–Trinajstić information content (AvgIpc) is 2.44. The Bertz CT molecular complexity index is 553. The third-order valence-corrected chi connectivity index (χ3v) is 7.26. The van der Waals surface area contributed by atoms with Gasteiger partial charge in [0.15, 0.2) is 0 Å². The van der Waals surface area contributed by atoms with Crippen molar-refractivity contribution < 1.29 is 19.7 Å². The lowest BCUT2D eigenvalue weighted by Crippen LogP contribution is -2.67. The van der Waals surface area contributed by atoms with Crippen molar-refractivity contribution in [3.05, 3.63) is 11.1 Å². The van der Waals surface area contributed by atoms with Crippen LogP contribution in [0.15, 0.2) is 11.1 Å². The van der Waals surface area contributed by atoms with E-state index in [4.69, 9.17) is 4.74 Å². The molecular weight excluding hydrogens is 280 g/mol. The molecule has 0 aromatic carbocycles. The van der Waals surface area contributed by atoms with Gasteiger partial charge in [-0.3, -0.25) is 4.79 Å². The quantitative estimate of drug-likeness (QED) is 0.669. The van der Waals surface area contributed by atoms with Gasteiger partial charge in [0, 0.05) is 18.8 Å². The number of ether oxygens (including phenoxy) is 1. The number of carbonyl (C=O) groups excluding carboxylic acids is 1. The van der Waals surface area contributed by atoms with Crippen molar-refractivity contribution in [1.82, 2.24) is 0 Å². The highest BCUT2D eigenvalue weighted by Gasteiger charge is 2.64. The first-order valence-corrected chi connectivity index (χ1v) is 8.55. The van der Waals surface area contributed by atoms with E-state index in [9.17, 15) is 15.0 Å². The van der Waals surface area contributed by atoms with Crippen LogP contribution in [-0.4, -0.2) is 40.9 Å². The van der Waals surface area contributed by atoms with Crippen molar-refractivity contribution in [2.45, 2.75) is 58.3 Å². The molecule has 4 aliphatic rings. The summed E-state index contributed by atoms with van der Waals surface area (Å²) in [5.41, 5.74) is 1.75. The summed E-state index contributed by atoms with van der Waals surface area (Å²) >= 11 is 0. The van der Waals surface area contributed by atoms with Crippen LogP contribution in [-0.2, 0) is 9.53 Å². The molecule has 0 spiro atoms. The smallest absolute Gasteiger partial charge is 0.145 e. The third kappa shape index (κ3) is 1.66. The maximum atomic E-state index is 12.9. The maximum Gasteiger partial charge on any atom is 0.145 e. The van der Waals surface area contributed by atoms with Crippen LogP contribution in [0, 0.1) is 29.1 Å². The minimum atomic E-state index is -0.676. The van der Waals surface area contributed by atoms with E-state index in [0.29, 0.717) is 31.8 Å². The molecule has 4 nitrogen and oxygen atoms in total. The van der Waals surface area contributed by atoms with E-state index >= 15 is 0 Å². The summed E-state index contributed by atoms with van der Waals surface area (Å²) in [6, 6.07) is 0. The van der Waals surface area contributed by atoms with Crippen molar-refractivity contribution >= 4 is 5.78 Å². The Hall–Kier alpha value is -0.710. The first-order chi connectivity index (χ1) is 10.4. The molecule has 2 saturated carbocycles. The van der Waals surface area contributed by atoms with Crippen LogP contribution >= 0.6 is 0 Å². The zero-order valence-electron chi connectivity index (χ0n) is 13.6. The van der Waals surface area contributed by atoms with Crippen LogP contribution in [0.2, 0.25) is 0 Å². The van der Waals surface area contributed by atoms with E-state index in [1.54, 1.807) is 0 Å². The molecule has 0 aromatic rings. The van der Waals surface area contributed by atoms with Gasteiger partial charge in [-0.05, 0) is 38.0 Å². The van der Waals surface area contributed by atoms with Crippen molar-refractivity contribution in [2.75, 3.05) is 6.61 Å². The summed E-state index contributed by atoms with van der Waals surface area (Å²) in [6.07, 6.45) is 0.828. The number of Topliss-reactive ketones (excluding diaryl/α,β-unsaturated/α-hetero) is 1. The first-order valence-electron chi connectivity index (χ1n) is 8.55. The molecule has 22 heavy (non-hydrogen) atoms. The fourth-order valence-corrected chi connectivity index (χ4v) is 5.71. The first kappa shape index (κ1) is 14.9. The number of aliphatic hydroxyl groups is 2. The number of allylic oxidation sites excluding steroid dienone is 1. The molecule has 0 radical (unpaired) electrons. The molecule has 3 aliphatic carbocycles. The van der Waals surface area contributed by atoms with Crippen LogP contribution in [0.3, 0.4) is 0 Å². The molecule has 2 N–H and O–H groups in total. The van der Waals surface area contributed by atoms with Crippen molar-refractivity contribution in [3.8, 4) is 0 Å². The molecular formula is C18H26O4. The molecule has 1 aliphatic heterocycles. The van der Waals surface area contributed by atoms with Gasteiger partial charge in [-0.1, -0.05) is 18.1 Å². The molecule has 7 unspecified atom stereocenters. The van der Waals surface area contributed by atoms with Gasteiger partial charge in [-0.2, -0.15) is 0 Å². The molecule has 0 amide bonds. The molecule has 4 heteroatoms. The average molecular weight is 306 g/mol. The van der Waals surface area contributed by atoms with Gasteiger partial charge < -0.3 is 14.9 Å². The summed E-state index contributed by atoms with van der Waals surface area (Å²) in [4.78, 5) is 12.9. The lowest BCUT2D eigenvalue weighted by Gasteiger charge is -2.62. The predicted octanol–water partition coefficient (Wildman–Crippen LogP) is 1.69. The second-order valence-corrected chi connectivity index (χ2v) is 8.16. The normalized spacial score (nSPS) is 54.2. The Morgan fingerprint density at radius 3 is 2.68 bits per heavy atom. The molecule has 4 rings (SSSR count). The summed E-state index contributed by atoms with van der Waals surface area (Å²) in [6.45, 7) is 6.81. The molecule has 122 valence electrons. The fraction of sp³-hybridized carbons (Fsp3) is 0.833. The van der Waals surface area contributed by atoms with Gasteiger partial charge >= 0.3 is 0 Å². The van der Waals surface area contributed by atoms with Crippen LogP contribution in [0.1, 0.15) is 40.0 Å². The van der Waals surface area contributed by atoms with Crippen molar-refractivity contribution in [1.29, 1.82) is 0 Å². The molecule has 8 atom stereocenters. The van der Waals surface area contributed by atoms with Crippen LogP contribution in [0.5, 0.6) is 0 Å².